The topological polar surface area (TPSA) is 9.23 Å². The van der Waals surface area contributed by atoms with Crippen LogP contribution in [0.25, 0.3) is 0 Å². The molecule has 25 heavy (non-hydrogen) atoms. The number of rotatable bonds is 5. The second-order valence-electron chi connectivity index (χ2n) is 5.71. The number of hydrogen-bond acceptors (Lipinski definition) is 1. The SMILES string of the molecule is FC(F)(F)c1ccc(C(OCc2ccccc2)c2ccccc2)cc1. The molecule has 0 N–H and O–H groups in total. The van der Waals surface area contributed by atoms with Crippen molar-refractivity contribution in [2.75, 3.05) is 0 Å². The summed E-state index contributed by atoms with van der Waals surface area (Å²) >= 11 is 0. The Labute approximate surface area is 144 Å². The molecule has 4 heteroatoms. The molecule has 0 bridgehead atoms. The smallest absolute Gasteiger partial charge is 0.364 e. The summed E-state index contributed by atoms with van der Waals surface area (Å²) in [4.78, 5) is 0. The van der Waals surface area contributed by atoms with Crippen molar-refractivity contribution in [2.45, 2.75) is 18.9 Å². The van der Waals surface area contributed by atoms with Crippen molar-refractivity contribution in [3.8, 4) is 0 Å². The Kier molecular flexibility index (Phi) is 5.19. The first-order chi connectivity index (χ1) is 12.0. The van der Waals surface area contributed by atoms with Gasteiger partial charge >= 0.3 is 6.18 Å². The molecule has 0 aliphatic rings. The van der Waals surface area contributed by atoms with Gasteiger partial charge in [-0.1, -0.05) is 72.8 Å². The molecule has 3 aromatic rings. The zero-order valence-corrected chi connectivity index (χ0v) is 13.4. The van der Waals surface area contributed by atoms with Crippen molar-refractivity contribution in [3.05, 3.63) is 107 Å². The minimum atomic E-state index is -4.34. The quantitative estimate of drug-likeness (QED) is 0.551. The van der Waals surface area contributed by atoms with Crippen LogP contribution in [0.5, 0.6) is 0 Å². The third-order valence-corrected chi connectivity index (χ3v) is 3.90. The van der Waals surface area contributed by atoms with Crippen molar-refractivity contribution in [1.82, 2.24) is 0 Å². The molecule has 0 aromatic heterocycles. The van der Waals surface area contributed by atoms with Gasteiger partial charge in [0.1, 0.15) is 6.10 Å². The summed E-state index contributed by atoms with van der Waals surface area (Å²) in [5.41, 5.74) is 1.94. The van der Waals surface area contributed by atoms with E-state index in [0.29, 0.717) is 12.2 Å². The highest BCUT2D eigenvalue weighted by Crippen LogP contribution is 2.32. The predicted molar refractivity (Wildman–Crippen MR) is 91.0 cm³/mol. The molecule has 0 spiro atoms. The number of hydrogen-bond donors (Lipinski definition) is 0. The van der Waals surface area contributed by atoms with E-state index in [2.05, 4.69) is 0 Å². The Balaban J connectivity index is 1.86. The van der Waals surface area contributed by atoms with Gasteiger partial charge in [0, 0.05) is 0 Å². The van der Waals surface area contributed by atoms with Crippen LogP contribution >= 0.6 is 0 Å². The van der Waals surface area contributed by atoms with Gasteiger partial charge in [0.15, 0.2) is 0 Å². The lowest BCUT2D eigenvalue weighted by Crippen LogP contribution is -2.09. The zero-order valence-electron chi connectivity index (χ0n) is 13.4. The fourth-order valence-electron chi connectivity index (χ4n) is 2.61. The van der Waals surface area contributed by atoms with Crippen LogP contribution in [-0.4, -0.2) is 0 Å². The molecule has 0 saturated carbocycles. The number of alkyl halides is 3. The van der Waals surface area contributed by atoms with Gasteiger partial charge in [-0.15, -0.1) is 0 Å². The minimum absolute atomic E-state index is 0.376. The molecule has 3 rings (SSSR count). The van der Waals surface area contributed by atoms with Crippen LogP contribution in [-0.2, 0) is 17.5 Å². The standard InChI is InChI=1S/C21H17F3O/c22-21(23,24)19-13-11-18(12-14-19)20(17-9-5-2-6-10-17)25-15-16-7-3-1-4-8-16/h1-14,20H,15H2. The van der Waals surface area contributed by atoms with Crippen LogP contribution in [0.15, 0.2) is 84.9 Å². The van der Waals surface area contributed by atoms with E-state index in [0.717, 1.165) is 23.3 Å². The fourth-order valence-corrected chi connectivity index (χ4v) is 2.61. The Morgan fingerprint density at radius 1 is 0.680 bits per heavy atom. The lowest BCUT2D eigenvalue weighted by molar-refractivity contribution is -0.137. The van der Waals surface area contributed by atoms with E-state index in [9.17, 15) is 13.2 Å². The summed E-state index contributed by atoms with van der Waals surface area (Å²) in [7, 11) is 0. The molecule has 1 atom stereocenters. The van der Waals surface area contributed by atoms with E-state index in [1.807, 2.05) is 60.7 Å². The molecule has 1 nitrogen and oxygen atoms in total. The van der Waals surface area contributed by atoms with Crippen molar-refractivity contribution >= 4 is 0 Å². The Morgan fingerprint density at radius 2 is 1.20 bits per heavy atom. The molecule has 1 unspecified atom stereocenters. The number of halogens is 3. The minimum Gasteiger partial charge on any atom is -0.364 e. The predicted octanol–water partition coefficient (Wildman–Crippen LogP) is 6.01. The molecule has 0 amide bonds. The molecule has 0 fully saturated rings. The van der Waals surface area contributed by atoms with Gasteiger partial charge in [-0.05, 0) is 28.8 Å². The van der Waals surface area contributed by atoms with Crippen LogP contribution in [0.1, 0.15) is 28.4 Å². The maximum Gasteiger partial charge on any atom is 0.416 e. The first-order valence-electron chi connectivity index (χ1n) is 7.91. The van der Waals surface area contributed by atoms with Crippen molar-refractivity contribution in [1.29, 1.82) is 0 Å². The molecule has 128 valence electrons. The van der Waals surface area contributed by atoms with Crippen molar-refractivity contribution in [3.63, 3.8) is 0 Å². The van der Waals surface area contributed by atoms with E-state index >= 15 is 0 Å². The Bertz CT molecular complexity index is 781. The molecule has 0 radical (unpaired) electrons. The van der Waals surface area contributed by atoms with E-state index in [-0.39, 0.29) is 0 Å². The summed E-state index contributed by atoms with van der Waals surface area (Å²) in [5, 5.41) is 0. The largest absolute Gasteiger partial charge is 0.416 e. The summed E-state index contributed by atoms with van der Waals surface area (Å²) in [6.45, 7) is 0.376. The van der Waals surface area contributed by atoms with Crippen LogP contribution in [0.4, 0.5) is 13.2 Å². The van der Waals surface area contributed by atoms with E-state index in [1.54, 1.807) is 0 Å². The highest BCUT2D eigenvalue weighted by Gasteiger charge is 2.30. The van der Waals surface area contributed by atoms with Gasteiger partial charge in [0.05, 0.1) is 12.2 Å². The summed E-state index contributed by atoms with van der Waals surface area (Å²) < 4.78 is 44.4. The van der Waals surface area contributed by atoms with Gasteiger partial charge in [-0.3, -0.25) is 0 Å². The zero-order chi connectivity index (χ0) is 17.7. The fraction of sp³-hybridized carbons (Fsp3) is 0.143. The van der Waals surface area contributed by atoms with Crippen LogP contribution in [0, 0.1) is 0 Å². The highest BCUT2D eigenvalue weighted by atomic mass is 19.4. The highest BCUT2D eigenvalue weighted by molar-refractivity contribution is 5.33. The molecule has 0 saturated heterocycles. The van der Waals surface area contributed by atoms with Gasteiger partial charge in [0.2, 0.25) is 0 Å². The number of benzene rings is 3. The van der Waals surface area contributed by atoms with Crippen LogP contribution < -0.4 is 0 Å². The first-order valence-corrected chi connectivity index (χ1v) is 7.91. The first kappa shape index (κ1) is 17.2. The average molecular weight is 342 g/mol. The molecular formula is C21H17F3O. The van der Waals surface area contributed by atoms with E-state index < -0.39 is 17.8 Å². The van der Waals surface area contributed by atoms with E-state index in [1.165, 1.54) is 12.1 Å². The molecule has 3 aromatic carbocycles. The summed E-state index contributed by atoms with van der Waals surface area (Å²) in [6, 6.07) is 24.3. The second kappa shape index (κ2) is 7.53. The summed E-state index contributed by atoms with van der Waals surface area (Å²) in [5.74, 6) is 0. The van der Waals surface area contributed by atoms with E-state index in [4.69, 9.17) is 4.74 Å². The molecule has 0 aliphatic carbocycles. The van der Waals surface area contributed by atoms with Crippen LogP contribution in [0.2, 0.25) is 0 Å². The molecular weight excluding hydrogens is 325 g/mol. The maximum absolute atomic E-state index is 12.8. The molecule has 0 aliphatic heterocycles. The summed E-state index contributed by atoms with van der Waals surface area (Å²) in [6.07, 6.45) is -4.77. The normalized spacial score (nSPS) is 12.8. The van der Waals surface area contributed by atoms with Gasteiger partial charge in [-0.25, -0.2) is 0 Å². The van der Waals surface area contributed by atoms with Crippen molar-refractivity contribution < 1.29 is 17.9 Å². The number of ether oxygens (including phenoxy) is 1. The lowest BCUT2D eigenvalue weighted by atomic mass is 10.00. The maximum atomic E-state index is 12.8. The second-order valence-corrected chi connectivity index (χ2v) is 5.71. The Morgan fingerprint density at radius 3 is 1.76 bits per heavy atom. The average Bonchev–Trinajstić information content (AvgIpc) is 2.63. The third kappa shape index (κ3) is 4.48. The van der Waals surface area contributed by atoms with Gasteiger partial charge < -0.3 is 4.74 Å². The monoisotopic (exact) mass is 342 g/mol. The van der Waals surface area contributed by atoms with Crippen LogP contribution in [0.3, 0.4) is 0 Å². The van der Waals surface area contributed by atoms with Gasteiger partial charge in [0.25, 0.3) is 0 Å². The Hall–Kier alpha value is -2.59. The van der Waals surface area contributed by atoms with Crippen molar-refractivity contribution in [2.24, 2.45) is 0 Å². The molecule has 0 heterocycles. The third-order valence-electron chi connectivity index (χ3n) is 3.90. The van der Waals surface area contributed by atoms with Gasteiger partial charge in [-0.2, -0.15) is 13.2 Å². The lowest BCUT2D eigenvalue weighted by Gasteiger charge is -2.20.